The Morgan fingerprint density at radius 1 is 0.682 bits per heavy atom. The number of nitrogen functional groups attached to an aromatic ring is 1. The van der Waals surface area contributed by atoms with Gasteiger partial charge in [0, 0.05) is 17.3 Å². The molecule has 3 aromatic carbocycles. The number of nitro benzene ring substituents is 1. The van der Waals surface area contributed by atoms with Crippen molar-refractivity contribution in [2.75, 3.05) is 5.73 Å². The Labute approximate surface area is 128 Å². The summed E-state index contributed by atoms with van der Waals surface area (Å²) < 4.78 is 0. The van der Waals surface area contributed by atoms with E-state index in [1.165, 1.54) is 6.07 Å². The third-order valence-electron chi connectivity index (χ3n) is 3.57. The fourth-order valence-corrected chi connectivity index (χ4v) is 2.56. The minimum atomic E-state index is -0.361. The van der Waals surface area contributed by atoms with E-state index in [1.54, 1.807) is 18.2 Å². The number of nitrogens with two attached hydrogens (primary N) is 1. The highest BCUT2D eigenvalue weighted by atomic mass is 16.6. The summed E-state index contributed by atoms with van der Waals surface area (Å²) in [6, 6.07) is 21.8. The van der Waals surface area contributed by atoms with E-state index >= 15 is 0 Å². The van der Waals surface area contributed by atoms with Crippen LogP contribution in [0.1, 0.15) is 0 Å². The van der Waals surface area contributed by atoms with Gasteiger partial charge in [0.25, 0.3) is 5.69 Å². The summed E-state index contributed by atoms with van der Waals surface area (Å²) >= 11 is 0. The van der Waals surface area contributed by atoms with E-state index in [4.69, 9.17) is 5.73 Å². The lowest BCUT2D eigenvalue weighted by atomic mass is 9.93. The molecule has 4 nitrogen and oxygen atoms in total. The zero-order valence-electron chi connectivity index (χ0n) is 11.8. The van der Waals surface area contributed by atoms with E-state index in [2.05, 4.69) is 0 Å². The first kappa shape index (κ1) is 13.8. The van der Waals surface area contributed by atoms with Crippen molar-refractivity contribution in [2.45, 2.75) is 0 Å². The lowest BCUT2D eigenvalue weighted by molar-refractivity contribution is -0.384. The lowest BCUT2D eigenvalue weighted by Gasteiger charge is -2.12. The van der Waals surface area contributed by atoms with E-state index in [-0.39, 0.29) is 10.6 Å². The van der Waals surface area contributed by atoms with Crippen LogP contribution in [0.4, 0.5) is 11.4 Å². The third kappa shape index (κ3) is 2.42. The Morgan fingerprint density at radius 3 is 1.73 bits per heavy atom. The monoisotopic (exact) mass is 290 g/mol. The average molecular weight is 290 g/mol. The number of anilines is 1. The van der Waals surface area contributed by atoms with E-state index < -0.39 is 0 Å². The van der Waals surface area contributed by atoms with Crippen LogP contribution in [0.25, 0.3) is 22.3 Å². The lowest BCUT2D eigenvalue weighted by Crippen LogP contribution is -1.95. The molecule has 0 saturated carbocycles. The number of para-hydroxylation sites is 2. The number of hydrogen-bond donors (Lipinski definition) is 1. The Kier molecular flexibility index (Phi) is 3.58. The smallest absolute Gasteiger partial charge is 0.277 e. The van der Waals surface area contributed by atoms with Crippen molar-refractivity contribution in [1.29, 1.82) is 0 Å². The van der Waals surface area contributed by atoms with Crippen LogP contribution in [-0.2, 0) is 0 Å². The predicted octanol–water partition coefficient (Wildman–Crippen LogP) is 4.51. The van der Waals surface area contributed by atoms with Crippen molar-refractivity contribution < 1.29 is 4.92 Å². The summed E-state index contributed by atoms with van der Waals surface area (Å²) in [5.41, 5.74) is 9.94. The molecule has 0 aliphatic carbocycles. The van der Waals surface area contributed by atoms with Gasteiger partial charge in [0.15, 0.2) is 0 Å². The van der Waals surface area contributed by atoms with E-state index in [0.717, 1.165) is 16.7 Å². The zero-order chi connectivity index (χ0) is 15.5. The maximum atomic E-state index is 11.3. The van der Waals surface area contributed by atoms with E-state index in [0.29, 0.717) is 11.3 Å². The molecule has 22 heavy (non-hydrogen) atoms. The van der Waals surface area contributed by atoms with E-state index in [1.807, 2.05) is 48.5 Å². The van der Waals surface area contributed by atoms with Crippen LogP contribution in [0.3, 0.4) is 0 Å². The molecule has 3 aromatic rings. The second-order valence-corrected chi connectivity index (χ2v) is 4.91. The van der Waals surface area contributed by atoms with Gasteiger partial charge in [-0.3, -0.25) is 10.1 Å². The topological polar surface area (TPSA) is 69.2 Å². The Balaban J connectivity index is 2.27. The van der Waals surface area contributed by atoms with Crippen molar-refractivity contribution in [3.63, 3.8) is 0 Å². The molecule has 0 heterocycles. The van der Waals surface area contributed by atoms with Gasteiger partial charge in [-0.2, -0.15) is 0 Å². The Hall–Kier alpha value is -3.14. The van der Waals surface area contributed by atoms with Crippen molar-refractivity contribution in [3.8, 4) is 22.3 Å². The zero-order valence-corrected chi connectivity index (χ0v) is 11.8. The highest BCUT2D eigenvalue weighted by Crippen LogP contribution is 2.38. The highest BCUT2D eigenvalue weighted by Gasteiger charge is 2.17. The Bertz CT molecular complexity index is 844. The van der Waals surface area contributed by atoms with Gasteiger partial charge in [-0.05, 0) is 23.3 Å². The first-order chi connectivity index (χ1) is 10.7. The number of rotatable bonds is 3. The minimum absolute atomic E-state index is 0.0875. The standard InChI is InChI=1S/C18H14N2O2/c19-17-11-5-3-9-15(17)13-7-1-2-8-14(13)16-10-4-6-12-18(16)20(21)22/h1-12H,19H2. The highest BCUT2D eigenvalue weighted by molar-refractivity contribution is 5.91. The number of nitrogens with zero attached hydrogens (tertiary/aromatic N) is 1. The number of nitro groups is 1. The van der Waals surface area contributed by atoms with Crippen LogP contribution in [0.5, 0.6) is 0 Å². The molecule has 0 aromatic heterocycles. The van der Waals surface area contributed by atoms with Crippen molar-refractivity contribution in [1.82, 2.24) is 0 Å². The molecule has 4 heteroatoms. The molecule has 0 bridgehead atoms. The molecule has 0 unspecified atom stereocenters. The average Bonchev–Trinajstić information content (AvgIpc) is 2.55. The largest absolute Gasteiger partial charge is 0.398 e. The molecular formula is C18H14N2O2. The second kappa shape index (κ2) is 5.69. The maximum absolute atomic E-state index is 11.3. The second-order valence-electron chi connectivity index (χ2n) is 4.91. The molecule has 108 valence electrons. The van der Waals surface area contributed by atoms with Gasteiger partial charge in [-0.15, -0.1) is 0 Å². The van der Waals surface area contributed by atoms with Crippen molar-refractivity contribution in [3.05, 3.63) is 82.9 Å². The molecule has 0 atom stereocenters. The van der Waals surface area contributed by atoms with Crippen LogP contribution < -0.4 is 5.73 Å². The van der Waals surface area contributed by atoms with Crippen LogP contribution in [0.2, 0.25) is 0 Å². The first-order valence-electron chi connectivity index (χ1n) is 6.86. The maximum Gasteiger partial charge on any atom is 0.277 e. The molecule has 0 amide bonds. The van der Waals surface area contributed by atoms with E-state index in [9.17, 15) is 10.1 Å². The SMILES string of the molecule is Nc1ccccc1-c1ccccc1-c1ccccc1[N+](=O)[O-]. The number of hydrogen-bond acceptors (Lipinski definition) is 3. The van der Waals surface area contributed by atoms with Gasteiger partial charge in [0.2, 0.25) is 0 Å². The molecule has 0 aliphatic heterocycles. The fourth-order valence-electron chi connectivity index (χ4n) is 2.56. The van der Waals surface area contributed by atoms with Crippen molar-refractivity contribution in [2.24, 2.45) is 0 Å². The van der Waals surface area contributed by atoms with Crippen LogP contribution in [-0.4, -0.2) is 4.92 Å². The van der Waals surface area contributed by atoms with Crippen LogP contribution in [0, 0.1) is 10.1 Å². The summed E-state index contributed by atoms with van der Waals surface area (Å²) in [5, 5.41) is 11.3. The molecule has 0 fully saturated rings. The van der Waals surface area contributed by atoms with Gasteiger partial charge >= 0.3 is 0 Å². The van der Waals surface area contributed by atoms with Gasteiger partial charge in [0.05, 0.1) is 10.5 Å². The number of benzene rings is 3. The summed E-state index contributed by atoms with van der Waals surface area (Å²) in [5.74, 6) is 0. The molecule has 0 radical (unpaired) electrons. The van der Waals surface area contributed by atoms with Crippen molar-refractivity contribution >= 4 is 11.4 Å². The molecule has 0 aliphatic rings. The summed E-state index contributed by atoms with van der Waals surface area (Å²) in [6.07, 6.45) is 0. The summed E-state index contributed by atoms with van der Waals surface area (Å²) in [7, 11) is 0. The molecular weight excluding hydrogens is 276 g/mol. The minimum Gasteiger partial charge on any atom is -0.398 e. The Morgan fingerprint density at radius 2 is 1.14 bits per heavy atom. The summed E-state index contributed by atoms with van der Waals surface area (Å²) in [4.78, 5) is 10.9. The quantitative estimate of drug-likeness (QED) is 0.438. The fraction of sp³-hybridized carbons (Fsp3) is 0. The first-order valence-corrected chi connectivity index (χ1v) is 6.86. The van der Waals surface area contributed by atoms with Gasteiger partial charge < -0.3 is 5.73 Å². The molecule has 3 rings (SSSR count). The summed E-state index contributed by atoms with van der Waals surface area (Å²) in [6.45, 7) is 0. The van der Waals surface area contributed by atoms with Gasteiger partial charge in [0.1, 0.15) is 0 Å². The van der Waals surface area contributed by atoms with Gasteiger partial charge in [-0.25, -0.2) is 0 Å². The van der Waals surface area contributed by atoms with Crippen LogP contribution >= 0.6 is 0 Å². The molecule has 2 N–H and O–H groups in total. The van der Waals surface area contributed by atoms with Crippen LogP contribution in [0.15, 0.2) is 72.8 Å². The van der Waals surface area contributed by atoms with Gasteiger partial charge in [-0.1, -0.05) is 54.6 Å². The molecule has 0 saturated heterocycles. The normalized spacial score (nSPS) is 10.4. The predicted molar refractivity (Wildman–Crippen MR) is 88.4 cm³/mol. The third-order valence-corrected chi connectivity index (χ3v) is 3.57. The molecule has 0 spiro atoms.